The number of benzene rings is 1. The topological polar surface area (TPSA) is 51.5 Å². The number of hydrogen-bond acceptors (Lipinski definition) is 3. The van der Waals surface area contributed by atoms with E-state index in [-0.39, 0.29) is 17.9 Å². The Balaban J connectivity index is 2.31. The predicted molar refractivity (Wildman–Crippen MR) is 84.3 cm³/mol. The van der Waals surface area contributed by atoms with Crippen LogP contribution in [0.1, 0.15) is 42.9 Å². The molecule has 5 heteroatoms. The van der Waals surface area contributed by atoms with Crippen LogP contribution >= 0.6 is 0 Å². The molecule has 1 amide bonds. The minimum atomic E-state index is -0.108. The molecule has 3 rings (SSSR count). The van der Waals surface area contributed by atoms with Crippen molar-refractivity contribution >= 4 is 22.7 Å². The fourth-order valence-corrected chi connectivity index (χ4v) is 3.53. The molecule has 1 aliphatic rings. The van der Waals surface area contributed by atoms with Gasteiger partial charge < -0.3 is 9.64 Å². The van der Waals surface area contributed by atoms with Gasteiger partial charge in [0.2, 0.25) is 11.8 Å². The lowest BCUT2D eigenvalue weighted by atomic mass is 9.98. The third-order valence-electron chi connectivity index (χ3n) is 4.51. The zero-order valence-electron chi connectivity index (χ0n) is 13.3. The molecule has 2 heterocycles. The summed E-state index contributed by atoms with van der Waals surface area (Å²) in [6.45, 7) is 5.80. The zero-order chi connectivity index (χ0) is 16.0. The number of carbonyl (C=O) groups excluding carboxylic acids is 2. The lowest BCUT2D eigenvalue weighted by Gasteiger charge is -2.33. The van der Waals surface area contributed by atoms with Crippen LogP contribution in [0.2, 0.25) is 0 Å². The van der Waals surface area contributed by atoms with Gasteiger partial charge in [0, 0.05) is 31.8 Å². The Hall–Kier alpha value is -2.30. The van der Waals surface area contributed by atoms with E-state index in [1.54, 1.807) is 25.5 Å². The van der Waals surface area contributed by atoms with E-state index >= 15 is 0 Å². The van der Waals surface area contributed by atoms with Crippen LogP contribution < -0.4 is 4.74 Å². The van der Waals surface area contributed by atoms with Crippen LogP contribution in [0, 0.1) is 0 Å². The van der Waals surface area contributed by atoms with Gasteiger partial charge in [-0.2, -0.15) is 0 Å². The number of carbonyl (C=O) groups is 2. The molecule has 1 unspecified atom stereocenters. The van der Waals surface area contributed by atoms with Gasteiger partial charge in [-0.05, 0) is 31.0 Å². The van der Waals surface area contributed by atoms with Crippen molar-refractivity contribution in [2.24, 2.45) is 0 Å². The van der Waals surface area contributed by atoms with Crippen molar-refractivity contribution in [1.29, 1.82) is 0 Å². The first-order valence-corrected chi connectivity index (χ1v) is 7.45. The SMILES string of the molecule is COc1ccc2c3c(n(C(C)=O)c2c1)C(C)N(C(C)=O)CC3. The molecule has 0 radical (unpaired) electrons. The van der Waals surface area contributed by atoms with Crippen LogP contribution in [0.25, 0.3) is 10.9 Å². The summed E-state index contributed by atoms with van der Waals surface area (Å²) in [5, 5.41) is 1.07. The second-order valence-electron chi connectivity index (χ2n) is 5.74. The first-order valence-electron chi connectivity index (χ1n) is 7.45. The van der Waals surface area contributed by atoms with Crippen molar-refractivity contribution in [3.05, 3.63) is 29.5 Å². The number of nitrogens with zero attached hydrogens (tertiary/aromatic N) is 2. The molecule has 1 aromatic carbocycles. The van der Waals surface area contributed by atoms with E-state index in [1.807, 2.05) is 30.0 Å². The average molecular weight is 300 g/mol. The van der Waals surface area contributed by atoms with E-state index in [9.17, 15) is 9.59 Å². The maximum atomic E-state index is 12.2. The fraction of sp³-hybridized carbons (Fsp3) is 0.412. The zero-order valence-corrected chi connectivity index (χ0v) is 13.3. The van der Waals surface area contributed by atoms with E-state index in [1.165, 1.54) is 0 Å². The molecule has 0 saturated heterocycles. The lowest BCUT2D eigenvalue weighted by Crippen LogP contribution is -2.38. The maximum absolute atomic E-state index is 12.2. The first kappa shape index (κ1) is 14.6. The fourth-order valence-electron chi connectivity index (χ4n) is 3.53. The number of fused-ring (bicyclic) bond motifs is 3. The van der Waals surface area contributed by atoms with Gasteiger partial charge in [0.15, 0.2) is 0 Å². The monoisotopic (exact) mass is 300 g/mol. The van der Waals surface area contributed by atoms with Gasteiger partial charge in [-0.25, -0.2) is 0 Å². The Bertz CT molecular complexity index is 776. The summed E-state index contributed by atoms with van der Waals surface area (Å²) >= 11 is 0. The molecule has 0 aliphatic carbocycles. The Labute approximate surface area is 129 Å². The Morgan fingerprint density at radius 2 is 1.95 bits per heavy atom. The largest absolute Gasteiger partial charge is 0.497 e. The number of amides is 1. The maximum Gasteiger partial charge on any atom is 0.228 e. The van der Waals surface area contributed by atoms with Crippen LogP contribution in [0.5, 0.6) is 5.75 Å². The van der Waals surface area contributed by atoms with Crippen molar-refractivity contribution in [2.45, 2.75) is 33.2 Å². The Morgan fingerprint density at radius 3 is 2.55 bits per heavy atom. The third kappa shape index (κ3) is 2.00. The molecule has 2 aromatic rings. The smallest absolute Gasteiger partial charge is 0.228 e. The quantitative estimate of drug-likeness (QED) is 0.813. The summed E-state index contributed by atoms with van der Waals surface area (Å²) in [4.78, 5) is 25.9. The highest BCUT2D eigenvalue weighted by molar-refractivity contribution is 5.96. The van der Waals surface area contributed by atoms with Crippen LogP contribution in [0.3, 0.4) is 0 Å². The highest BCUT2D eigenvalue weighted by Crippen LogP contribution is 2.38. The summed E-state index contributed by atoms with van der Waals surface area (Å²) in [6, 6.07) is 5.70. The summed E-state index contributed by atoms with van der Waals surface area (Å²) in [7, 11) is 1.61. The molecular formula is C17H20N2O3. The molecule has 116 valence electrons. The van der Waals surface area contributed by atoms with E-state index in [0.717, 1.165) is 34.3 Å². The molecule has 0 spiro atoms. The lowest BCUT2D eigenvalue weighted by molar-refractivity contribution is -0.131. The number of methoxy groups -OCH3 is 1. The van der Waals surface area contributed by atoms with Gasteiger partial charge in [0.1, 0.15) is 5.75 Å². The molecule has 1 atom stereocenters. The predicted octanol–water partition coefficient (Wildman–Crippen LogP) is 2.78. The normalized spacial score (nSPS) is 17.5. The van der Waals surface area contributed by atoms with E-state index in [0.29, 0.717) is 6.54 Å². The van der Waals surface area contributed by atoms with E-state index < -0.39 is 0 Å². The van der Waals surface area contributed by atoms with Crippen molar-refractivity contribution in [3.63, 3.8) is 0 Å². The van der Waals surface area contributed by atoms with Crippen LogP contribution in [0.15, 0.2) is 18.2 Å². The van der Waals surface area contributed by atoms with Gasteiger partial charge in [0.05, 0.1) is 24.4 Å². The van der Waals surface area contributed by atoms with E-state index in [4.69, 9.17) is 4.74 Å². The van der Waals surface area contributed by atoms with Gasteiger partial charge in [-0.15, -0.1) is 0 Å². The van der Waals surface area contributed by atoms with Crippen molar-refractivity contribution < 1.29 is 14.3 Å². The minimum absolute atomic E-state index is 0.0380. The highest BCUT2D eigenvalue weighted by Gasteiger charge is 2.32. The van der Waals surface area contributed by atoms with Crippen LogP contribution in [-0.2, 0) is 11.2 Å². The van der Waals surface area contributed by atoms with Crippen molar-refractivity contribution in [2.75, 3.05) is 13.7 Å². The number of hydrogen-bond donors (Lipinski definition) is 0. The number of ether oxygens (including phenoxy) is 1. The Kier molecular flexibility index (Phi) is 3.43. The average Bonchev–Trinajstić information content (AvgIpc) is 2.81. The number of aromatic nitrogens is 1. The standard InChI is InChI=1S/C17H20N2O3/c1-10-17-15(7-8-18(10)11(2)20)14-6-5-13(22-4)9-16(14)19(17)12(3)21/h5-6,9-10H,7-8H2,1-4H3. The van der Waals surface area contributed by atoms with Crippen molar-refractivity contribution in [1.82, 2.24) is 9.47 Å². The van der Waals surface area contributed by atoms with Gasteiger partial charge in [0.25, 0.3) is 0 Å². The van der Waals surface area contributed by atoms with Gasteiger partial charge >= 0.3 is 0 Å². The molecule has 0 bridgehead atoms. The van der Waals surface area contributed by atoms with Crippen LogP contribution in [0.4, 0.5) is 0 Å². The number of rotatable bonds is 1. The summed E-state index contributed by atoms with van der Waals surface area (Å²) in [5.74, 6) is 0.716. The highest BCUT2D eigenvalue weighted by atomic mass is 16.5. The van der Waals surface area contributed by atoms with E-state index in [2.05, 4.69) is 0 Å². The molecular weight excluding hydrogens is 280 g/mol. The van der Waals surface area contributed by atoms with Crippen molar-refractivity contribution in [3.8, 4) is 5.75 Å². The summed E-state index contributed by atoms with van der Waals surface area (Å²) in [6.07, 6.45) is 0.766. The molecule has 0 fully saturated rings. The van der Waals surface area contributed by atoms with Crippen LogP contribution in [-0.4, -0.2) is 34.9 Å². The summed E-state index contributed by atoms with van der Waals surface area (Å²) in [5.41, 5.74) is 2.95. The molecule has 5 nitrogen and oxygen atoms in total. The molecule has 0 saturated carbocycles. The second kappa shape index (κ2) is 5.16. The molecule has 0 N–H and O–H groups in total. The molecule has 1 aliphatic heterocycles. The van der Waals surface area contributed by atoms with Gasteiger partial charge in [-0.1, -0.05) is 0 Å². The van der Waals surface area contributed by atoms with Gasteiger partial charge in [-0.3, -0.25) is 14.2 Å². The minimum Gasteiger partial charge on any atom is -0.497 e. The molecule has 22 heavy (non-hydrogen) atoms. The molecule has 1 aromatic heterocycles. The first-order chi connectivity index (χ1) is 10.5. The Morgan fingerprint density at radius 1 is 1.23 bits per heavy atom. The second-order valence-corrected chi connectivity index (χ2v) is 5.74. The third-order valence-corrected chi connectivity index (χ3v) is 4.51. The summed E-state index contributed by atoms with van der Waals surface area (Å²) < 4.78 is 7.02.